The Hall–Kier alpha value is -8.40. The Labute approximate surface area is 375 Å². The van der Waals surface area contributed by atoms with Gasteiger partial charge in [0.1, 0.15) is 0 Å². The summed E-state index contributed by atoms with van der Waals surface area (Å²) in [5, 5.41) is 0. The van der Waals surface area contributed by atoms with E-state index in [1.165, 1.54) is 66.8 Å². The van der Waals surface area contributed by atoms with Crippen molar-refractivity contribution in [1.29, 1.82) is 0 Å². The fraction of sp³-hybridized carbons (Fsp3) is 0.0164. The zero-order valence-corrected chi connectivity index (χ0v) is 35.4. The molecule has 0 aromatic heterocycles. The average Bonchev–Trinajstić information content (AvgIpc) is 3.58. The lowest BCUT2D eigenvalue weighted by atomic mass is 9.93. The molecule has 3 nitrogen and oxygen atoms in total. The molecule has 10 aromatic rings. The molecule has 0 atom stereocenters. The van der Waals surface area contributed by atoms with E-state index in [1.807, 2.05) is 0 Å². The first-order valence-corrected chi connectivity index (χ1v) is 22.0. The molecule has 0 fully saturated rings. The third-order valence-electron chi connectivity index (χ3n) is 13.0. The summed E-state index contributed by atoms with van der Waals surface area (Å²) in [6, 6.07) is 88.6. The standard InChI is InChI=1S/C61H43N3/c1-62(57-34-16-11-29-52(57)47-24-6-5-23-46(47)42-21-3-2-4-22-42)43-39-44(63-58-35-17-12-30-53(58)48-25-7-8-26-49(48)54-31-13-18-36-59(54)63)41-45(40-43)64-60-37-19-14-32-55(60)50-27-9-10-28-51(50)56-33-15-20-38-61(56)64/h2-41H,1H3. The molecule has 0 radical (unpaired) electrons. The third kappa shape index (κ3) is 6.13. The van der Waals surface area contributed by atoms with Gasteiger partial charge in [0.15, 0.2) is 0 Å². The van der Waals surface area contributed by atoms with Crippen LogP contribution in [0, 0.1) is 0 Å². The van der Waals surface area contributed by atoms with Gasteiger partial charge in [0, 0.05) is 46.2 Å². The monoisotopic (exact) mass is 817 g/mol. The molecule has 0 saturated heterocycles. The van der Waals surface area contributed by atoms with Crippen molar-refractivity contribution in [3.8, 4) is 66.8 Å². The molecule has 2 aliphatic heterocycles. The van der Waals surface area contributed by atoms with Gasteiger partial charge in [-0.05, 0) is 87.5 Å². The second-order valence-corrected chi connectivity index (χ2v) is 16.5. The molecule has 0 amide bonds. The van der Waals surface area contributed by atoms with Crippen LogP contribution in [0.3, 0.4) is 0 Å². The third-order valence-corrected chi connectivity index (χ3v) is 13.0. The smallest absolute Gasteiger partial charge is 0.0540 e. The number of hydrogen-bond acceptors (Lipinski definition) is 3. The number of para-hydroxylation sites is 5. The van der Waals surface area contributed by atoms with Crippen LogP contribution in [0.4, 0.5) is 45.5 Å². The maximum absolute atomic E-state index is 2.48. The topological polar surface area (TPSA) is 9.72 Å². The van der Waals surface area contributed by atoms with Crippen LogP contribution in [0.2, 0.25) is 0 Å². The molecule has 302 valence electrons. The lowest BCUT2D eigenvalue weighted by Gasteiger charge is -2.33. The van der Waals surface area contributed by atoms with E-state index in [2.05, 4.69) is 264 Å². The molecule has 0 saturated carbocycles. The molecule has 10 aromatic carbocycles. The van der Waals surface area contributed by atoms with Gasteiger partial charge in [0.25, 0.3) is 0 Å². The van der Waals surface area contributed by atoms with Crippen LogP contribution >= 0.6 is 0 Å². The molecule has 2 aliphatic rings. The Bertz CT molecular complexity index is 3100. The van der Waals surface area contributed by atoms with Crippen molar-refractivity contribution in [2.45, 2.75) is 0 Å². The Morgan fingerprint density at radius 3 is 0.969 bits per heavy atom. The number of hydrogen-bond donors (Lipinski definition) is 0. The highest BCUT2D eigenvalue weighted by atomic mass is 15.2. The molecular weight excluding hydrogens is 775 g/mol. The van der Waals surface area contributed by atoms with Crippen molar-refractivity contribution < 1.29 is 0 Å². The molecule has 12 rings (SSSR count). The fourth-order valence-electron chi connectivity index (χ4n) is 10.1. The van der Waals surface area contributed by atoms with Gasteiger partial charge in [0.2, 0.25) is 0 Å². The average molecular weight is 818 g/mol. The maximum atomic E-state index is 2.48. The van der Waals surface area contributed by atoms with E-state index >= 15 is 0 Å². The van der Waals surface area contributed by atoms with Crippen LogP contribution in [0.15, 0.2) is 243 Å². The van der Waals surface area contributed by atoms with Crippen LogP contribution in [0.1, 0.15) is 0 Å². The van der Waals surface area contributed by atoms with E-state index in [0.29, 0.717) is 0 Å². The van der Waals surface area contributed by atoms with E-state index in [9.17, 15) is 0 Å². The summed E-state index contributed by atoms with van der Waals surface area (Å²) in [6.45, 7) is 0. The minimum absolute atomic E-state index is 1.06. The summed E-state index contributed by atoms with van der Waals surface area (Å²) >= 11 is 0. The Morgan fingerprint density at radius 2 is 0.562 bits per heavy atom. The zero-order chi connectivity index (χ0) is 42.6. The summed E-state index contributed by atoms with van der Waals surface area (Å²) in [5.41, 5.74) is 23.2. The summed E-state index contributed by atoms with van der Waals surface area (Å²) in [5.74, 6) is 0. The molecule has 0 bridgehead atoms. The molecule has 0 N–H and O–H groups in total. The number of nitrogens with zero attached hydrogens (tertiary/aromatic N) is 3. The summed E-state index contributed by atoms with van der Waals surface area (Å²) in [6.07, 6.45) is 0. The van der Waals surface area contributed by atoms with Crippen LogP contribution in [0.25, 0.3) is 66.8 Å². The highest BCUT2D eigenvalue weighted by Crippen LogP contribution is 2.55. The number of fused-ring (bicyclic) bond motifs is 10. The van der Waals surface area contributed by atoms with E-state index in [0.717, 1.165) is 45.5 Å². The van der Waals surface area contributed by atoms with E-state index in [4.69, 9.17) is 0 Å². The van der Waals surface area contributed by atoms with E-state index in [-0.39, 0.29) is 0 Å². The van der Waals surface area contributed by atoms with Crippen LogP contribution in [-0.4, -0.2) is 7.05 Å². The Morgan fingerprint density at radius 1 is 0.266 bits per heavy atom. The minimum Gasteiger partial charge on any atom is -0.344 e. The normalized spacial score (nSPS) is 12.1. The van der Waals surface area contributed by atoms with E-state index < -0.39 is 0 Å². The summed E-state index contributed by atoms with van der Waals surface area (Å²) < 4.78 is 0. The minimum atomic E-state index is 1.06. The van der Waals surface area contributed by atoms with Gasteiger partial charge >= 0.3 is 0 Å². The van der Waals surface area contributed by atoms with Gasteiger partial charge in [-0.2, -0.15) is 0 Å². The van der Waals surface area contributed by atoms with Gasteiger partial charge < -0.3 is 14.7 Å². The fourth-order valence-corrected chi connectivity index (χ4v) is 10.1. The lowest BCUT2D eigenvalue weighted by Crippen LogP contribution is -2.17. The molecular formula is C61H43N3. The van der Waals surface area contributed by atoms with Gasteiger partial charge in [0.05, 0.1) is 34.1 Å². The molecule has 0 aliphatic carbocycles. The van der Waals surface area contributed by atoms with Crippen LogP contribution < -0.4 is 14.7 Å². The number of anilines is 8. The van der Waals surface area contributed by atoms with Crippen LogP contribution in [-0.2, 0) is 0 Å². The predicted molar refractivity (Wildman–Crippen MR) is 270 cm³/mol. The van der Waals surface area contributed by atoms with Crippen molar-refractivity contribution in [2.24, 2.45) is 0 Å². The second-order valence-electron chi connectivity index (χ2n) is 16.5. The molecule has 2 heterocycles. The predicted octanol–water partition coefficient (Wildman–Crippen LogP) is 17.0. The highest BCUT2D eigenvalue weighted by molar-refractivity contribution is 6.06. The first-order valence-electron chi connectivity index (χ1n) is 22.0. The molecule has 3 heteroatoms. The maximum Gasteiger partial charge on any atom is 0.0540 e. The Kier molecular flexibility index (Phi) is 9.05. The largest absolute Gasteiger partial charge is 0.344 e. The zero-order valence-electron chi connectivity index (χ0n) is 35.4. The quantitative estimate of drug-likeness (QED) is 0.165. The summed E-state index contributed by atoms with van der Waals surface area (Å²) in [4.78, 5) is 7.33. The molecule has 0 unspecified atom stereocenters. The Balaban J connectivity index is 1.13. The first-order chi connectivity index (χ1) is 31.7. The molecule has 64 heavy (non-hydrogen) atoms. The lowest BCUT2D eigenvalue weighted by molar-refractivity contribution is 1.19. The van der Waals surface area contributed by atoms with Crippen molar-refractivity contribution in [2.75, 3.05) is 21.7 Å². The second kappa shape index (κ2) is 15.5. The van der Waals surface area contributed by atoms with Crippen molar-refractivity contribution >= 4 is 45.5 Å². The van der Waals surface area contributed by atoms with Gasteiger partial charge in [-0.3, -0.25) is 0 Å². The first kappa shape index (κ1) is 37.4. The van der Waals surface area contributed by atoms with Gasteiger partial charge in [-0.25, -0.2) is 0 Å². The number of rotatable bonds is 6. The molecule has 0 spiro atoms. The van der Waals surface area contributed by atoms with Crippen molar-refractivity contribution in [1.82, 2.24) is 0 Å². The van der Waals surface area contributed by atoms with Gasteiger partial charge in [-0.1, -0.05) is 194 Å². The highest BCUT2D eigenvalue weighted by Gasteiger charge is 2.30. The van der Waals surface area contributed by atoms with Gasteiger partial charge in [-0.15, -0.1) is 0 Å². The SMILES string of the molecule is CN(c1cc(N2c3ccccc3-c3ccccc3-c3ccccc32)cc(N2c3ccccc3-c3ccccc3-c3ccccc32)c1)c1ccccc1-c1ccccc1-c1ccccc1. The van der Waals surface area contributed by atoms with E-state index in [1.54, 1.807) is 0 Å². The number of benzene rings is 10. The summed E-state index contributed by atoms with van der Waals surface area (Å²) in [7, 11) is 2.22. The van der Waals surface area contributed by atoms with Crippen molar-refractivity contribution in [3.63, 3.8) is 0 Å². The van der Waals surface area contributed by atoms with Crippen LogP contribution in [0.5, 0.6) is 0 Å². The van der Waals surface area contributed by atoms with Crippen molar-refractivity contribution in [3.05, 3.63) is 243 Å².